The van der Waals surface area contributed by atoms with Gasteiger partial charge in [0.05, 0.1) is 11.6 Å². The summed E-state index contributed by atoms with van der Waals surface area (Å²) in [7, 11) is -4.04. The second-order valence-corrected chi connectivity index (χ2v) is 10.5. The Hall–Kier alpha value is -4.53. The first kappa shape index (κ1) is 26.5. The van der Waals surface area contributed by atoms with E-state index in [0.717, 1.165) is 11.1 Å². The summed E-state index contributed by atoms with van der Waals surface area (Å²) in [5.41, 5.74) is 2.26. The molecule has 0 heterocycles. The van der Waals surface area contributed by atoms with E-state index in [0.29, 0.717) is 23.5 Å². The number of aryl methyl sites for hydroxylation is 1. The van der Waals surface area contributed by atoms with Crippen LogP contribution in [0.4, 0.5) is 4.79 Å². The molecule has 192 valence electrons. The van der Waals surface area contributed by atoms with E-state index in [2.05, 4.69) is 11.4 Å². The molecule has 1 N–H and O–H groups in total. The number of ether oxygens (including phenoxy) is 1. The van der Waals surface area contributed by atoms with Crippen LogP contribution in [0.2, 0.25) is 0 Å². The minimum atomic E-state index is -4.04. The number of nitriles is 1. The molecule has 0 aliphatic carbocycles. The molecule has 8 heteroatoms. The summed E-state index contributed by atoms with van der Waals surface area (Å²) < 4.78 is 31.8. The molecule has 1 amide bonds. The molecule has 0 aliphatic rings. The molecule has 4 aromatic carbocycles. The summed E-state index contributed by atoms with van der Waals surface area (Å²) in [6.45, 7) is 0.0540. The Morgan fingerprint density at radius 1 is 0.763 bits per heavy atom. The van der Waals surface area contributed by atoms with Gasteiger partial charge in [0, 0.05) is 0 Å². The van der Waals surface area contributed by atoms with Crippen LogP contribution in [-0.2, 0) is 22.3 Å². The lowest BCUT2D eigenvalue weighted by Gasteiger charge is -2.28. The summed E-state index contributed by atoms with van der Waals surface area (Å²) in [5, 5.41) is 11.8. The predicted octanol–water partition coefficient (Wildman–Crippen LogP) is 7.09. The fourth-order valence-electron chi connectivity index (χ4n) is 3.66. The van der Waals surface area contributed by atoms with E-state index in [-0.39, 0.29) is 13.0 Å². The van der Waals surface area contributed by atoms with Gasteiger partial charge in [-0.3, -0.25) is 0 Å². The van der Waals surface area contributed by atoms with Crippen LogP contribution in [0.1, 0.15) is 23.1 Å². The number of para-hydroxylation sites is 2. The smallest absolute Gasteiger partial charge is 0.445 e. The van der Waals surface area contributed by atoms with Gasteiger partial charge in [0.1, 0.15) is 18.1 Å². The van der Waals surface area contributed by atoms with Crippen molar-refractivity contribution in [1.82, 2.24) is 5.32 Å². The molecule has 0 aromatic heterocycles. The van der Waals surface area contributed by atoms with E-state index in [4.69, 9.17) is 19.0 Å². The molecule has 1 atom stereocenters. The highest BCUT2D eigenvalue weighted by molar-refractivity contribution is 7.55. The van der Waals surface area contributed by atoms with E-state index in [1.807, 2.05) is 54.6 Å². The molecule has 0 saturated carbocycles. The van der Waals surface area contributed by atoms with Crippen molar-refractivity contribution in [2.24, 2.45) is 0 Å². The van der Waals surface area contributed by atoms with Crippen molar-refractivity contribution < 1.29 is 23.1 Å². The number of carbonyl (C=O) groups is 1. The maximum Gasteiger partial charge on any atom is 0.453 e. The van der Waals surface area contributed by atoms with Gasteiger partial charge in [-0.1, -0.05) is 78.9 Å². The van der Waals surface area contributed by atoms with Crippen molar-refractivity contribution in [2.75, 3.05) is 0 Å². The zero-order valence-electron chi connectivity index (χ0n) is 20.6. The molecule has 0 bridgehead atoms. The second kappa shape index (κ2) is 13.1. The van der Waals surface area contributed by atoms with Crippen molar-refractivity contribution >= 4 is 13.7 Å². The van der Waals surface area contributed by atoms with Crippen molar-refractivity contribution in [2.45, 2.75) is 25.2 Å². The fraction of sp³-hybridized carbons (Fsp3) is 0.133. The quantitative estimate of drug-likeness (QED) is 0.210. The van der Waals surface area contributed by atoms with Gasteiger partial charge in [-0.25, -0.2) is 9.36 Å². The molecule has 0 fully saturated rings. The first-order chi connectivity index (χ1) is 18.5. The van der Waals surface area contributed by atoms with E-state index in [1.165, 1.54) is 0 Å². The third-order valence-corrected chi connectivity index (χ3v) is 7.70. The number of rotatable bonds is 11. The van der Waals surface area contributed by atoms with Gasteiger partial charge in [0.25, 0.3) is 0 Å². The topological polar surface area (TPSA) is 97.7 Å². The zero-order chi connectivity index (χ0) is 26.6. The second-order valence-electron chi connectivity index (χ2n) is 8.42. The number of hydrogen-bond acceptors (Lipinski definition) is 6. The first-order valence-corrected chi connectivity index (χ1v) is 13.7. The summed E-state index contributed by atoms with van der Waals surface area (Å²) in [5.74, 6) is -0.356. The molecular weight excluding hydrogens is 499 g/mol. The summed E-state index contributed by atoms with van der Waals surface area (Å²) in [6, 6.07) is 35.8. The molecule has 4 rings (SSSR count). The number of alkyl carbamates (subject to hydrolysis) is 1. The lowest BCUT2D eigenvalue weighted by atomic mass is 10.1. The van der Waals surface area contributed by atoms with E-state index in [9.17, 15) is 9.36 Å². The van der Waals surface area contributed by atoms with Crippen molar-refractivity contribution in [1.29, 1.82) is 5.26 Å². The third kappa shape index (κ3) is 7.73. The lowest BCUT2D eigenvalue weighted by molar-refractivity contribution is 0.137. The number of benzene rings is 4. The summed E-state index contributed by atoms with van der Waals surface area (Å²) in [6.07, 6.45) is -0.0777. The summed E-state index contributed by atoms with van der Waals surface area (Å²) in [4.78, 5) is 12.9. The van der Waals surface area contributed by atoms with Crippen LogP contribution in [-0.4, -0.2) is 11.9 Å². The molecule has 0 saturated heterocycles. The number of nitrogens with zero attached hydrogens (tertiary/aromatic N) is 1. The van der Waals surface area contributed by atoms with Gasteiger partial charge < -0.3 is 19.1 Å². The average Bonchev–Trinajstić information content (AvgIpc) is 2.96. The SMILES string of the molecule is N#Cc1ccc(CCC(NC(=O)OCc2ccccc2)P(=O)(Oc2ccccc2)Oc2ccccc2)cc1. The maximum absolute atomic E-state index is 14.4. The molecule has 1 unspecified atom stereocenters. The van der Waals surface area contributed by atoms with Crippen LogP contribution >= 0.6 is 7.60 Å². The summed E-state index contributed by atoms with van der Waals surface area (Å²) >= 11 is 0. The van der Waals surface area contributed by atoms with Crippen LogP contribution in [0.5, 0.6) is 11.5 Å². The Balaban J connectivity index is 1.59. The first-order valence-electron chi connectivity index (χ1n) is 12.1. The van der Waals surface area contributed by atoms with Crippen molar-refractivity contribution in [3.63, 3.8) is 0 Å². The van der Waals surface area contributed by atoms with Crippen molar-refractivity contribution in [3.05, 3.63) is 132 Å². The maximum atomic E-state index is 14.4. The third-order valence-electron chi connectivity index (χ3n) is 5.62. The van der Waals surface area contributed by atoms with E-state index >= 15 is 0 Å². The van der Waals surface area contributed by atoms with E-state index in [1.54, 1.807) is 60.7 Å². The highest BCUT2D eigenvalue weighted by Gasteiger charge is 2.41. The van der Waals surface area contributed by atoms with Crippen LogP contribution < -0.4 is 14.4 Å². The van der Waals surface area contributed by atoms with Crippen LogP contribution in [0.25, 0.3) is 0 Å². The van der Waals surface area contributed by atoms with Crippen LogP contribution in [0.15, 0.2) is 115 Å². The zero-order valence-corrected chi connectivity index (χ0v) is 21.5. The lowest BCUT2D eigenvalue weighted by Crippen LogP contribution is -2.38. The monoisotopic (exact) mass is 526 g/mol. The van der Waals surface area contributed by atoms with Gasteiger partial charge in [-0.15, -0.1) is 0 Å². The highest BCUT2D eigenvalue weighted by atomic mass is 31.2. The predicted molar refractivity (Wildman–Crippen MR) is 145 cm³/mol. The number of nitrogens with one attached hydrogen (secondary N) is 1. The largest absolute Gasteiger partial charge is 0.453 e. The Kier molecular flexibility index (Phi) is 9.17. The van der Waals surface area contributed by atoms with Crippen LogP contribution in [0, 0.1) is 11.3 Å². The van der Waals surface area contributed by atoms with Crippen LogP contribution in [0.3, 0.4) is 0 Å². The Labute approximate surface area is 222 Å². The van der Waals surface area contributed by atoms with Gasteiger partial charge in [-0.05, 0) is 60.4 Å². The van der Waals surface area contributed by atoms with E-state index < -0.39 is 19.5 Å². The van der Waals surface area contributed by atoms with Gasteiger partial charge in [0.2, 0.25) is 0 Å². The Bertz CT molecular complexity index is 1350. The molecule has 7 nitrogen and oxygen atoms in total. The number of amides is 1. The molecule has 0 aliphatic heterocycles. The average molecular weight is 527 g/mol. The molecule has 38 heavy (non-hydrogen) atoms. The molecular formula is C30H27N2O5P. The minimum Gasteiger partial charge on any atom is -0.445 e. The normalized spacial score (nSPS) is 11.6. The van der Waals surface area contributed by atoms with Gasteiger partial charge >= 0.3 is 13.7 Å². The van der Waals surface area contributed by atoms with Gasteiger partial charge in [-0.2, -0.15) is 5.26 Å². The number of carbonyl (C=O) groups excluding carboxylic acids is 1. The van der Waals surface area contributed by atoms with Gasteiger partial charge in [0.15, 0.2) is 5.78 Å². The standard InChI is InChI=1S/C30H27N2O5P/c31-22-25-18-16-24(17-19-25)20-21-29(32-30(33)35-23-26-10-4-1-5-11-26)38(34,36-27-12-6-2-7-13-27)37-28-14-8-3-9-15-28/h1-19,29H,20-21,23H2,(H,32,33). The number of hydrogen-bond donors (Lipinski definition) is 1. The minimum absolute atomic E-state index is 0.0540. The molecule has 0 radical (unpaired) electrons. The Morgan fingerprint density at radius 2 is 1.29 bits per heavy atom. The molecule has 0 spiro atoms. The molecule has 4 aromatic rings. The highest BCUT2D eigenvalue weighted by Crippen LogP contribution is 2.53. The van der Waals surface area contributed by atoms with Crippen molar-refractivity contribution in [3.8, 4) is 17.6 Å². The fourth-order valence-corrected chi connectivity index (χ4v) is 5.49. The Morgan fingerprint density at radius 3 is 1.82 bits per heavy atom.